The van der Waals surface area contributed by atoms with Gasteiger partial charge < -0.3 is 5.73 Å². The van der Waals surface area contributed by atoms with Gasteiger partial charge in [-0.05, 0) is 17.5 Å². The molecule has 74 valence electrons. The average molecular weight is 201 g/mol. The molecule has 0 saturated carbocycles. The molecule has 1 rings (SSSR count). The first-order chi connectivity index (χ1) is 5.52. The topological polar surface area (TPSA) is 38.9 Å². The van der Waals surface area contributed by atoms with Gasteiger partial charge in [0.1, 0.15) is 0 Å². The fourth-order valence-electron chi connectivity index (χ4n) is 1.00. The van der Waals surface area contributed by atoms with Crippen molar-refractivity contribution in [1.82, 2.24) is 4.98 Å². The minimum absolute atomic E-state index is 0. The molecule has 13 heavy (non-hydrogen) atoms. The van der Waals surface area contributed by atoms with Gasteiger partial charge in [-0.25, -0.2) is 0 Å². The van der Waals surface area contributed by atoms with Crippen molar-refractivity contribution >= 4 is 12.4 Å². The number of halogens is 1. The molecule has 1 heterocycles. The Hall–Kier alpha value is -0.600. The van der Waals surface area contributed by atoms with Gasteiger partial charge in [-0.15, -0.1) is 12.4 Å². The third-order valence-electron chi connectivity index (χ3n) is 1.94. The summed E-state index contributed by atoms with van der Waals surface area (Å²) in [5, 5.41) is 0. The van der Waals surface area contributed by atoms with Crippen LogP contribution in [0.4, 0.5) is 0 Å². The molecule has 2 N–H and O–H groups in total. The van der Waals surface area contributed by atoms with Crippen molar-refractivity contribution in [3.63, 3.8) is 0 Å². The molecule has 0 saturated heterocycles. The van der Waals surface area contributed by atoms with Crippen LogP contribution in [0.1, 0.15) is 32.5 Å². The normalized spacial score (nSPS) is 13.2. The summed E-state index contributed by atoms with van der Waals surface area (Å²) in [7, 11) is 0. The van der Waals surface area contributed by atoms with Crippen LogP contribution in [0, 0.1) is 5.41 Å². The second-order valence-corrected chi connectivity index (χ2v) is 4.10. The molecule has 1 atom stereocenters. The molecule has 0 fully saturated rings. The number of hydrogen-bond acceptors (Lipinski definition) is 2. The molecule has 0 spiro atoms. The summed E-state index contributed by atoms with van der Waals surface area (Å²) in [5.74, 6) is 0. The van der Waals surface area contributed by atoms with Gasteiger partial charge in [0, 0.05) is 6.20 Å². The number of hydrogen-bond donors (Lipinski definition) is 1. The highest BCUT2D eigenvalue weighted by Crippen LogP contribution is 2.28. The lowest BCUT2D eigenvalue weighted by Gasteiger charge is -2.26. The predicted octanol–water partition coefficient (Wildman–Crippen LogP) is 2.55. The van der Waals surface area contributed by atoms with Gasteiger partial charge in [-0.1, -0.05) is 26.8 Å². The summed E-state index contributed by atoms with van der Waals surface area (Å²) in [6, 6.07) is 5.85. The van der Waals surface area contributed by atoms with Crippen LogP contribution in [0.5, 0.6) is 0 Å². The second-order valence-electron chi connectivity index (χ2n) is 4.10. The fourth-order valence-corrected chi connectivity index (χ4v) is 1.00. The smallest absolute Gasteiger partial charge is 0.0576 e. The zero-order chi connectivity index (χ0) is 9.19. The first-order valence-corrected chi connectivity index (χ1v) is 4.18. The molecule has 0 bridgehead atoms. The van der Waals surface area contributed by atoms with Gasteiger partial charge in [0.15, 0.2) is 0 Å². The third-order valence-corrected chi connectivity index (χ3v) is 1.94. The van der Waals surface area contributed by atoms with Crippen molar-refractivity contribution in [1.29, 1.82) is 0 Å². The predicted molar refractivity (Wildman–Crippen MR) is 57.9 cm³/mol. The van der Waals surface area contributed by atoms with E-state index in [9.17, 15) is 0 Å². The Balaban J connectivity index is 0.00000144. The van der Waals surface area contributed by atoms with Gasteiger partial charge in [-0.2, -0.15) is 0 Å². The summed E-state index contributed by atoms with van der Waals surface area (Å²) in [4.78, 5) is 4.22. The Kier molecular flexibility index (Phi) is 4.37. The van der Waals surface area contributed by atoms with Crippen LogP contribution in [0.25, 0.3) is 0 Å². The molecule has 0 aliphatic rings. The minimum Gasteiger partial charge on any atom is -0.322 e. The van der Waals surface area contributed by atoms with Crippen molar-refractivity contribution in [2.24, 2.45) is 11.1 Å². The Bertz CT molecular complexity index is 241. The van der Waals surface area contributed by atoms with Gasteiger partial charge in [0.2, 0.25) is 0 Å². The van der Waals surface area contributed by atoms with Crippen LogP contribution in [-0.4, -0.2) is 4.98 Å². The lowest BCUT2D eigenvalue weighted by atomic mass is 9.85. The van der Waals surface area contributed by atoms with Crippen LogP contribution in [0.3, 0.4) is 0 Å². The quantitative estimate of drug-likeness (QED) is 0.757. The van der Waals surface area contributed by atoms with E-state index in [1.165, 1.54) is 0 Å². The zero-order valence-corrected chi connectivity index (χ0v) is 9.14. The Morgan fingerprint density at radius 3 is 2.31 bits per heavy atom. The van der Waals surface area contributed by atoms with Crippen molar-refractivity contribution in [3.05, 3.63) is 30.1 Å². The summed E-state index contributed by atoms with van der Waals surface area (Å²) in [6.45, 7) is 6.35. The van der Waals surface area contributed by atoms with Crippen LogP contribution in [0.2, 0.25) is 0 Å². The van der Waals surface area contributed by atoms with E-state index >= 15 is 0 Å². The van der Waals surface area contributed by atoms with Crippen LogP contribution in [-0.2, 0) is 0 Å². The molecule has 0 radical (unpaired) electrons. The van der Waals surface area contributed by atoms with Gasteiger partial charge in [0.05, 0.1) is 11.7 Å². The van der Waals surface area contributed by atoms with Crippen molar-refractivity contribution < 1.29 is 0 Å². The van der Waals surface area contributed by atoms with Crippen molar-refractivity contribution in [2.75, 3.05) is 0 Å². The SMILES string of the molecule is CC(C)(C)C(N)c1ccccn1.Cl. The largest absolute Gasteiger partial charge is 0.322 e. The van der Waals surface area contributed by atoms with E-state index < -0.39 is 0 Å². The Morgan fingerprint density at radius 2 is 1.92 bits per heavy atom. The van der Waals surface area contributed by atoms with E-state index in [-0.39, 0.29) is 23.9 Å². The maximum absolute atomic E-state index is 6.01. The second kappa shape index (κ2) is 4.58. The summed E-state index contributed by atoms with van der Waals surface area (Å²) < 4.78 is 0. The standard InChI is InChI=1S/C10H16N2.ClH/c1-10(2,3)9(11)8-6-4-5-7-12-8;/h4-7,9H,11H2,1-3H3;1H. The molecule has 0 aliphatic carbocycles. The number of aromatic nitrogens is 1. The molecule has 0 aliphatic heterocycles. The molecule has 2 nitrogen and oxygen atoms in total. The monoisotopic (exact) mass is 200 g/mol. The van der Waals surface area contributed by atoms with Gasteiger partial charge in [0.25, 0.3) is 0 Å². The lowest BCUT2D eigenvalue weighted by molar-refractivity contribution is 0.321. The van der Waals surface area contributed by atoms with Crippen molar-refractivity contribution in [2.45, 2.75) is 26.8 Å². The van der Waals surface area contributed by atoms with Gasteiger partial charge in [-0.3, -0.25) is 4.98 Å². The summed E-state index contributed by atoms with van der Waals surface area (Å²) in [6.07, 6.45) is 1.78. The van der Waals surface area contributed by atoms with E-state index in [0.717, 1.165) is 5.69 Å². The molecule has 0 aromatic carbocycles. The number of pyridine rings is 1. The van der Waals surface area contributed by atoms with Gasteiger partial charge >= 0.3 is 0 Å². The number of nitrogens with zero attached hydrogens (tertiary/aromatic N) is 1. The van der Waals surface area contributed by atoms with E-state index in [4.69, 9.17) is 5.73 Å². The Labute approximate surface area is 86.0 Å². The minimum atomic E-state index is 0. The Morgan fingerprint density at radius 1 is 1.31 bits per heavy atom. The van der Waals surface area contributed by atoms with E-state index in [1.807, 2.05) is 18.2 Å². The molecule has 3 heteroatoms. The molecule has 1 unspecified atom stereocenters. The lowest BCUT2D eigenvalue weighted by Crippen LogP contribution is -2.26. The highest BCUT2D eigenvalue weighted by molar-refractivity contribution is 5.85. The molecular weight excluding hydrogens is 184 g/mol. The number of rotatable bonds is 1. The third kappa shape index (κ3) is 3.33. The van der Waals surface area contributed by atoms with E-state index in [0.29, 0.717) is 0 Å². The summed E-state index contributed by atoms with van der Waals surface area (Å²) >= 11 is 0. The van der Waals surface area contributed by atoms with E-state index in [2.05, 4.69) is 25.8 Å². The van der Waals surface area contributed by atoms with Crippen LogP contribution >= 0.6 is 12.4 Å². The first-order valence-electron chi connectivity index (χ1n) is 4.18. The average Bonchev–Trinajstić information content (AvgIpc) is 2.03. The summed E-state index contributed by atoms with van der Waals surface area (Å²) in [5.41, 5.74) is 7.05. The molecule has 0 amide bonds. The zero-order valence-electron chi connectivity index (χ0n) is 8.32. The molecular formula is C10H17ClN2. The fraction of sp³-hybridized carbons (Fsp3) is 0.500. The first kappa shape index (κ1) is 12.4. The van der Waals surface area contributed by atoms with E-state index in [1.54, 1.807) is 6.20 Å². The number of nitrogens with two attached hydrogens (primary N) is 1. The highest BCUT2D eigenvalue weighted by atomic mass is 35.5. The maximum Gasteiger partial charge on any atom is 0.0576 e. The highest BCUT2D eigenvalue weighted by Gasteiger charge is 2.22. The molecule has 1 aromatic rings. The van der Waals surface area contributed by atoms with Crippen molar-refractivity contribution in [3.8, 4) is 0 Å². The maximum atomic E-state index is 6.01. The molecule has 1 aromatic heterocycles. The van der Waals surface area contributed by atoms with Crippen LogP contribution < -0.4 is 5.73 Å². The van der Waals surface area contributed by atoms with Crippen LogP contribution in [0.15, 0.2) is 24.4 Å².